The van der Waals surface area contributed by atoms with Crippen LogP contribution in [-0.4, -0.2) is 29.8 Å². The Hall–Kier alpha value is -1.77. The van der Waals surface area contributed by atoms with E-state index in [2.05, 4.69) is 11.4 Å². The molecule has 0 saturated heterocycles. The fourth-order valence-electron chi connectivity index (χ4n) is 2.37. The van der Waals surface area contributed by atoms with Crippen LogP contribution in [0.5, 0.6) is 0 Å². The molecule has 0 aromatic heterocycles. The first-order valence-electron chi connectivity index (χ1n) is 7.30. The predicted molar refractivity (Wildman–Crippen MR) is 76.3 cm³/mol. The van der Waals surface area contributed by atoms with Gasteiger partial charge in [-0.15, -0.1) is 0 Å². The minimum Gasteiger partial charge on any atom is -0.466 e. The number of nitrogens with zero attached hydrogens (tertiary/aromatic N) is 1. The van der Waals surface area contributed by atoms with Gasteiger partial charge in [0.25, 0.3) is 0 Å². The molecule has 6 heteroatoms. The maximum absolute atomic E-state index is 11.8. The number of nitrogens with one attached hydrogen (secondary N) is 1. The lowest BCUT2D eigenvalue weighted by molar-refractivity contribution is -0.149. The Morgan fingerprint density at radius 2 is 1.90 bits per heavy atom. The lowest BCUT2D eigenvalue weighted by atomic mass is 9.77. The van der Waals surface area contributed by atoms with E-state index < -0.39 is 17.2 Å². The third-order valence-corrected chi connectivity index (χ3v) is 3.41. The number of rotatable bonds is 3. The first-order valence-corrected chi connectivity index (χ1v) is 7.30. The Morgan fingerprint density at radius 1 is 1.33 bits per heavy atom. The zero-order valence-electron chi connectivity index (χ0n) is 13.2. The highest BCUT2D eigenvalue weighted by molar-refractivity contribution is 5.73. The summed E-state index contributed by atoms with van der Waals surface area (Å²) in [6.45, 7) is 7.43. The third-order valence-electron chi connectivity index (χ3n) is 3.41. The number of alkyl carbamates (subject to hydrolysis) is 1. The van der Waals surface area contributed by atoms with E-state index in [4.69, 9.17) is 9.47 Å². The van der Waals surface area contributed by atoms with E-state index in [1.165, 1.54) is 0 Å². The number of hydrogen-bond donors (Lipinski definition) is 1. The largest absolute Gasteiger partial charge is 0.466 e. The van der Waals surface area contributed by atoms with Crippen molar-refractivity contribution < 1.29 is 19.1 Å². The molecule has 0 bridgehead atoms. The summed E-state index contributed by atoms with van der Waals surface area (Å²) in [5.41, 5.74) is -1.56. The maximum Gasteiger partial charge on any atom is 0.408 e. The molecular formula is C15H24N2O4. The molecule has 1 N–H and O–H groups in total. The van der Waals surface area contributed by atoms with Gasteiger partial charge in [0, 0.05) is 0 Å². The Balaban J connectivity index is 2.59. The van der Waals surface area contributed by atoms with E-state index in [0.29, 0.717) is 32.3 Å². The van der Waals surface area contributed by atoms with Crippen LogP contribution in [0.15, 0.2) is 0 Å². The van der Waals surface area contributed by atoms with Gasteiger partial charge in [-0.2, -0.15) is 5.26 Å². The molecule has 21 heavy (non-hydrogen) atoms. The van der Waals surface area contributed by atoms with Crippen molar-refractivity contribution in [3.05, 3.63) is 0 Å². The number of carbonyl (C=O) groups excluding carboxylic acids is 2. The van der Waals surface area contributed by atoms with Gasteiger partial charge in [-0.25, -0.2) is 4.79 Å². The Morgan fingerprint density at radius 3 is 2.33 bits per heavy atom. The van der Waals surface area contributed by atoms with Crippen LogP contribution in [0.4, 0.5) is 4.79 Å². The zero-order valence-corrected chi connectivity index (χ0v) is 13.2. The number of esters is 1. The zero-order chi connectivity index (χ0) is 16.1. The van der Waals surface area contributed by atoms with Gasteiger partial charge in [0.05, 0.1) is 18.6 Å². The van der Waals surface area contributed by atoms with E-state index in [1.807, 2.05) is 0 Å². The SMILES string of the molecule is CCOC(=O)C1CCC(C#N)(NC(=O)OC(C)(C)C)CC1. The summed E-state index contributed by atoms with van der Waals surface area (Å²) in [6.07, 6.45) is 1.31. The molecule has 1 aliphatic carbocycles. The average Bonchev–Trinajstić information content (AvgIpc) is 2.37. The van der Waals surface area contributed by atoms with Crippen molar-refractivity contribution in [1.82, 2.24) is 5.32 Å². The molecule has 0 aromatic rings. The highest BCUT2D eigenvalue weighted by Gasteiger charge is 2.40. The Labute approximate surface area is 125 Å². The quantitative estimate of drug-likeness (QED) is 0.808. The van der Waals surface area contributed by atoms with Gasteiger partial charge in [0.15, 0.2) is 0 Å². The van der Waals surface area contributed by atoms with Crippen LogP contribution in [0.2, 0.25) is 0 Å². The van der Waals surface area contributed by atoms with E-state index in [1.54, 1.807) is 27.7 Å². The molecule has 1 fully saturated rings. The summed E-state index contributed by atoms with van der Waals surface area (Å²) in [4.78, 5) is 23.5. The van der Waals surface area contributed by atoms with Crippen LogP contribution >= 0.6 is 0 Å². The molecular weight excluding hydrogens is 272 g/mol. The fourth-order valence-corrected chi connectivity index (χ4v) is 2.37. The van der Waals surface area contributed by atoms with Gasteiger partial charge in [-0.3, -0.25) is 4.79 Å². The maximum atomic E-state index is 11.8. The molecule has 1 rings (SSSR count). The van der Waals surface area contributed by atoms with Crippen LogP contribution in [0.3, 0.4) is 0 Å². The van der Waals surface area contributed by atoms with Crippen LogP contribution in [-0.2, 0) is 14.3 Å². The predicted octanol–water partition coefficient (Wildman–Crippen LogP) is 2.53. The van der Waals surface area contributed by atoms with Gasteiger partial charge in [0.1, 0.15) is 11.1 Å². The van der Waals surface area contributed by atoms with Crippen molar-refractivity contribution >= 4 is 12.1 Å². The van der Waals surface area contributed by atoms with Crippen LogP contribution < -0.4 is 5.32 Å². The van der Waals surface area contributed by atoms with Crippen molar-refractivity contribution in [2.45, 2.75) is 64.5 Å². The summed E-state index contributed by atoms with van der Waals surface area (Å²) >= 11 is 0. The first kappa shape index (κ1) is 17.3. The number of ether oxygens (including phenoxy) is 2. The van der Waals surface area contributed by atoms with Gasteiger partial charge in [-0.1, -0.05) is 0 Å². The molecule has 0 atom stereocenters. The smallest absolute Gasteiger partial charge is 0.408 e. The van der Waals surface area contributed by atoms with Crippen molar-refractivity contribution in [1.29, 1.82) is 5.26 Å². The lowest BCUT2D eigenvalue weighted by Crippen LogP contribution is -2.51. The first-order chi connectivity index (χ1) is 9.71. The molecule has 0 heterocycles. The topological polar surface area (TPSA) is 88.4 Å². The second-order valence-electron chi connectivity index (χ2n) is 6.35. The molecule has 0 aliphatic heterocycles. The van der Waals surface area contributed by atoms with Crippen molar-refractivity contribution in [3.8, 4) is 6.07 Å². The minimum atomic E-state index is -0.953. The molecule has 1 aliphatic rings. The molecule has 6 nitrogen and oxygen atoms in total. The Bertz CT molecular complexity index is 426. The summed E-state index contributed by atoms with van der Waals surface area (Å²) < 4.78 is 10.2. The lowest BCUT2D eigenvalue weighted by Gasteiger charge is -2.35. The van der Waals surface area contributed by atoms with Crippen molar-refractivity contribution in [3.63, 3.8) is 0 Å². The number of carbonyl (C=O) groups is 2. The number of amides is 1. The van der Waals surface area contributed by atoms with Crippen molar-refractivity contribution in [2.75, 3.05) is 6.61 Å². The molecule has 0 aromatic carbocycles. The summed E-state index contributed by atoms with van der Waals surface area (Å²) in [6, 6.07) is 2.16. The summed E-state index contributed by atoms with van der Waals surface area (Å²) in [5.74, 6) is -0.409. The summed E-state index contributed by atoms with van der Waals surface area (Å²) in [7, 11) is 0. The molecule has 0 unspecified atom stereocenters. The van der Waals surface area contributed by atoms with E-state index in [-0.39, 0.29) is 11.9 Å². The number of hydrogen-bond acceptors (Lipinski definition) is 5. The minimum absolute atomic E-state index is 0.188. The van der Waals surface area contributed by atoms with Gasteiger partial charge in [0.2, 0.25) is 0 Å². The summed E-state index contributed by atoms with van der Waals surface area (Å²) in [5, 5.41) is 12.0. The van der Waals surface area contributed by atoms with Crippen LogP contribution in [0, 0.1) is 17.2 Å². The average molecular weight is 296 g/mol. The standard InChI is InChI=1S/C15H24N2O4/c1-5-20-12(18)11-6-8-15(10-16,9-7-11)17-13(19)21-14(2,3)4/h11H,5-9H2,1-4H3,(H,17,19). The van der Waals surface area contributed by atoms with Gasteiger partial charge in [-0.05, 0) is 53.4 Å². The highest BCUT2D eigenvalue weighted by atomic mass is 16.6. The third kappa shape index (κ3) is 5.25. The van der Waals surface area contributed by atoms with Crippen LogP contribution in [0.25, 0.3) is 0 Å². The Kier molecular flexibility index (Phi) is 5.59. The molecule has 1 amide bonds. The van der Waals surface area contributed by atoms with E-state index >= 15 is 0 Å². The normalized spacial score (nSPS) is 25.6. The molecule has 0 spiro atoms. The van der Waals surface area contributed by atoms with Crippen molar-refractivity contribution in [2.24, 2.45) is 5.92 Å². The van der Waals surface area contributed by atoms with E-state index in [9.17, 15) is 14.9 Å². The molecule has 118 valence electrons. The van der Waals surface area contributed by atoms with Gasteiger partial charge < -0.3 is 14.8 Å². The van der Waals surface area contributed by atoms with Crippen LogP contribution in [0.1, 0.15) is 53.4 Å². The molecule has 0 radical (unpaired) electrons. The highest BCUT2D eigenvalue weighted by Crippen LogP contribution is 2.32. The van der Waals surface area contributed by atoms with Gasteiger partial charge >= 0.3 is 12.1 Å². The second-order valence-corrected chi connectivity index (χ2v) is 6.35. The number of nitriles is 1. The second kappa shape index (κ2) is 6.79. The monoisotopic (exact) mass is 296 g/mol. The molecule has 1 saturated carbocycles. The fraction of sp³-hybridized carbons (Fsp3) is 0.800. The van der Waals surface area contributed by atoms with E-state index in [0.717, 1.165) is 0 Å².